The van der Waals surface area contributed by atoms with Crippen molar-refractivity contribution in [2.24, 2.45) is 5.92 Å². The van der Waals surface area contributed by atoms with Gasteiger partial charge in [-0.2, -0.15) is 0 Å². The molecule has 2 aromatic carbocycles. The van der Waals surface area contributed by atoms with Gasteiger partial charge in [0.2, 0.25) is 11.9 Å². The number of hydrogen-bond acceptors (Lipinski definition) is 6. The van der Waals surface area contributed by atoms with Gasteiger partial charge < -0.3 is 18.8 Å². The third kappa shape index (κ3) is 3.79. The number of amides is 1. The number of imidazole rings is 1. The van der Waals surface area contributed by atoms with Crippen LogP contribution in [0.15, 0.2) is 42.5 Å². The zero-order valence-corrected chi connectivity index (χ0v) is 19.4. The highest BCUT2D eigenvalue weighted by atomic mass is 16.5. The molecule has 0 saturated carbocycles. The molecule has 3 aromatic rings. The molecule has 1 amide bonds. The van der Waals surface area contributed by atoms with Crippen LogP contribution in [0, 0.1) is 5.92 Å². The van der Waals surface area contributed by atoms with Gasteiger partial charge in [0.05, 0.1) is 37.9 Å². The van der Waals surface area contributed by atoms with Crippen molar-refractivity contribution in [2.75, 3.05) is 32.3 Å². The Kier molecular flexibility index (Phi) is 6.53. The molecule has 0 fully saturated rings. The quantitative estimate of drug-likeness (QED) is 0.381. The van der Waals surface area contributed by atoms with Gasteiger partial charge in [-0.1, -0.05) is 37.6 Å². The van der Waals surface area contributed by atoms with Crippen molar-refractivity contribution < 1.29 is 23.8 Å². The Morgan fingerprint density at radius 3 is 2.55 bits per heavy atom. The molecule has 8 nitrogen and oxygen atoms in total. The summed E-state index contributed by atoms with van der Waals surface area (Å²) in [6, 6.07) is 12.4. The minimum absolute atomic E-state index is 0.178. The fourth-order valence-corrected chi connectivity index (χ4v) is 4.50. The van der Waals surface area contributed by atoms with E-state index in [1.54, 1.807) is 32.1 Å². The summed E-state index contributed by atoms with van der Waals surface area (Å²) in [5, 5.41) is 0. The van der Waals surface area contributed by atoms with Gasteiger partial charge in [0.1, 0.15) is 0 Å². The first-order valence-electron chi connectivity index (χ1n) is 11.2. The van der Waals surface area contributed by atoms with Crippen molar-refractivity contribution in [1.82, 2.24) is 9.55 Å². The summed E-state index contributed by atoms with van der Waals surface area (Å²) in [5.74, 6) is -0.470. The van der Waals surface area contributed by atoms with Crippen LogP contribution in [0.2, 0.25) is 0 Å². The molecule has 2 atom stereocenters. The molecular formula is C25H29N3O5. The van der Waals surface area contributed by atoms with Crippen LogP contribution in [0.25, 0.3) is 11.0 Å². The molecule has 33 heavy (non-hydrogen) atoms. The smallest absolute Gasteiger partial charge is 0.321 e. The number of aromatic nitrogens is 2. The van der Waals surface area contributed by atoms with Gasteiger partial charge >= 0.3 is 5.97 Å². The third-order valence-electron chi connectivity index (χ3n) is 5.97. The van der Waals surface area contributed by atoms with E-state index in [4.69, 9.17) is 19.2 Å². The molecule has 1 aliphatic rings. The largest absolute Gasteiger partial charge is 0.493 e. The fraction of sp³-hybridized carbons (Fsp3) is 0.400. The van der Waals surface area contributed by atoms with Crippen LogP contribution in [-0.2, 0) is 14.3 Å². The molecule has 1 aromatic heterocycles. The average molecular weight is 452 g/mol. The van der Waals surface area contributed by atoms with Crippen LogP contribution >= 0.6 is 0 Å². The second-order valence-corrected chi connectivity index (χ2v) is 7.87. The van der Waals surface area contributed by atoms with E-state index in [0.29, 0.717) is 29.6 Å². The lowest BCUT2D eigenvalue weighted by Gasteiger charge is -2.38. The number of ether oxygens (including phenoxy) is 3. The number of esters is 1. The van der Waals surface area contributed by atoms with Crippen LogP contribution in [-0.4, -0.2) is 48.8 Å². The molecule has 2 heterocycles. The van der Waals surface area contributed by atoms with E-state index < -0.39 is 17.9 Å². The van der Waals surface area contributed by atoms with E-state index in [2.05, 4.69) is 6.92 Å². The maximum atomic E-state index is 13.8. The van der Waals surface area contributed by atoms with Crippen molar-refractivity contribution in [3.63, 3.8) is 0 Å². The topological polar surface area (TPSA) is 82.9 Å². The Labute approximate surface area is 193 Å². The SMILES string of the molecule is CCCCN1C(=O)C(C(=O)OCC)C(c2cccc(OC)c2OC)n2c1nc1ccccc12. The summed E-state index contributed by atoms with van der Waals surface area (Å²) in [6.07, 6.45) is 1.69. The van der Waals surface area contributed by atoms with Crippen LogP contribution in [0.4, 0.5) is 5.95 Å². The van der Waals surface area contributed by atoms with E-state index in [9.17, 15) is 9.59 Å². The minimum atomic E-state index is -1.09. The Hall–Kier alpha value is -3.55. The Balaban J connectivity index is 2.03. The number of carbonyl (C=O) groups is 2. The van der Waals surface area contributed by atoms with Gasteiger partial charge in [0, 0.05) is 12.1 Å². The van der Waals surface area contributed by atoms with E-state index in [0.717, 1.165) is 23.9 Å². The van der Waals surface area contributed by atoms with Crippen molar-refractivity contribution >= 4 is 28.9 Å². The fourth-order valence-electron chi connectivity index (χ4n) is 4.50. The van der Waals surface area contributed by atoms with Crippen molar-refractivity contribution in [3.8, 4) is 11.5 Å². The van der Waals surface area contributed by atoms with Gasteiger partial charge in [-0.15, -0.1) is 0 Å². The first-order valence-corrected chi connectivity index (χ1v) is 11.2. The van der Waals surface area contributed by atoms with Crippen molar-refractivity contribution in [3.05, 3.63) is 48.0 Å². The summed E-state index contributed by atoms with van der Waals surface area (Å²) in [7, 11) is 3.10. The third-order valence-corrected chi connectivity index (χ3v) is 5.97. The summed E-state index contributed by atoms with van der Waals surface area (Å²) in [6.45, 7) is 4.44. The zero-order chi connectivity index (χ0) is 23.5. The average Bonchev–Trinajstić information content (AvgIpc) is 3.21. The summed E-state index contributed by atoms with van der Waals surface area (Å²) in [5.41, 5.74) is 2.23. The molecular weight excluding hydrogens is 422 g/mol. The van der Waals surface area contributed by atoms with Crippen molar-refractivity contribution in [2.45, 2.75) is 32.7 Å². The maximum Gasteiger partial charge on any atom is 0.321 e. The van der Waals surface area contributed by atoms with Crippen LogP contribution in [0.5, 0.6) is 11.5 Å². The van der Waals surface area contributed by atoms with E-state index >= 15 is 0 Å². The second-order valence-electron chi connectivity index (χ2n) is 7.87. The number of carbonyl (C=O) groups excluding carboxylic acids is 2. The number of hydrogen-bond donors (Lipinski definition) is 0. The molecule has 174 valence electrons. The van der Waals surface area contributed by atoms with Crippen LogP contribution in [0.3, 0.4) is 0 Å². The molecule has 2 unspecified atom stereocenters. The van der Waals surface area contributed by atoms with Gasteiger partial charge in [-0.25, -0.2) is 4.98 Å². The number of anilines is 1. The molecule has 0 aliphatic carbocycles. The number of unbranched alkanes of at least 4 members (excludes halogenated alkanes) is 1. The predicted octanol–water partition coefficient (Wildman–Crippen LogP) is 3.97. The van der Waals surface area contributed by atoms with Gasteiger partial charge in [0.15, 0.2) is 17.4 Å². The van der Waals surface area contributed by atoms with Crippen LogP contribution in [0.1, 0.15) is 38.3 Å². The highest BCUT2D eigenvalue weighted by molar-refractivity contribution is 6.08. The molecule has 8 heteroatoms. The number of para-hydroxylation sites is 3. The highest BCUT2D eigenvalue weighted by Gasteiger charge is 2.48. The minimum Gasteiger partial charge on any atom is -0.493 e. The molecule has 0 saturated heterocycles. The number of benzene rings is 2. The first kappa shape index (κ1) is 22.6. The van der Waals surface area contributed by atoms with E-state index in [1.807, 2.05) is 41.0 Å². The van der Waals surface area contributed by atoms with Gasteiger partial charge in [-0.05, 0) is 31.5 Å². The van der Waals surface area contributed by atoms with Crippen molar-refractivity contribution in [1.29, 1.82) is 0 Å². The summed E-state index contributed by atoms with van der Waals surface area (Å²) in [4.78, 5) is 33.5. The molecule has 4 rings (SSSR count). The first-order chi connectivity index (χ1) is 16.1. The molecule has 0 radical (unpaired) electrons. The summed E-state index contributed by atoms with van der Waals surface area (Å²) < 4.78 is 18.6. The Morgan fingerprint density at radius 1 is 1.06 bits per heavy atom. The monoisotopic (exact) mass is 451 g/mol. The molecule has 0 N–H and O–H groups in total. The standard InChI is InChI=1S/C25H29N3O5/c1-5-7-15-27-23(29)20(24(30)33-6-2)21(16-11-10-14-19(31-3)22(16)32-4)28-18-13-9-8-12-17(18)26-25(27)28/h8-14,20-21H,5-7,15H2,1-4H3. The highest BCUT2D eigenvalue weighted by Crippen LogP contribution is 2.46. The zero-order valence-electron chi connectivity index (χ0n) is 19.4. The number of rotatable bonds is 8. The van der Waals surface area contributed by atoms with Crippen LogP contribution < -0.4 is 14.4 Å². The maximum absolute atomic E-state index is 13.8. The normalized spacial score (nSPS) is 17.7. The van der Waals surface area contributed by atoms with E-state index in [-0.39, 0.29) is 12.5 Å². The Bertz CT molecular complexity index is 1170. The molecule has 1 aliphatic heterocycles. The van der Waals surface area contributed by atoms with E-state index in [1.165, 1.54) is 0 Å². The number of fused-ring (bicyclic) bond motifs is 3. The lowest BCUT2D eigenvalue weighted by atomic mass is 9.88. The Morgan fingerprint density at radius 2 is 1.85 bits per heavy atom. The predicted molar refractivity (Wildman–Crippen MR) is 125 cm³/mol. The van der Waals surface area contributed by atoms with Gasteiger partial charge in [-0.3, -0.25) is 14.5 Å². The molecule has 0 bridgehead atoms. The number of methoxy groups -OCH3 is 2. The number of nitrogens with zero attached hydrogens (tertiary/aromatic N) is 3. The molecule has 0 spiro atoms. The lowest BCUT2D eigenvalue weighted by molar-refractivity contribution is -0.153. The van der Waals surface area contributed by atoms with Gasteiger partial charge in [0.25, 0.3) is 0 Å². The summed E-state index contributed by atoms with van der Waals surface area (Å²) >= 11 is 0. The second kappa shape index (κ2) is 9.52. The lowest BCUT2D eigenvalue weighted by Crippen LogP contribution is -2.50.